The van der Waals surface area contributed by atoms with Gasteiger partial charge in [0.15, 0.2) is 0 Å². The maximum atomic E-state index is 11.9. The summed E-state index contributed by atoms with van der Waals surface area (Å²) in [7, 11) is 0. The van der Waals surface area contributed by atoms with Crippen LogP contribution in [0, 0.1) is 10.1 Å². The third-order valence-corrected chi connectivity index (χ3v) is 2.88. The number of nitro benzene ring substituents is 1. The van der Waals surface area contributed by atoms with Crippen molar-refractivity contribution in [2.24, 2.45) is 0 Å². The summed E-state index contributed by atoms with van der Waals surface area (Å²) in [6.45, 7) is 0.397. The van der Waals surface area contributed by atoms with E-state index in [4.69, 9.17) is 5.73 Å². The van der Waals surface area contributed by atoms with Crippen LogP contribution in [0.1, 0.15) is 16.1 Å². The number of nitro groups is 1. The molecule has 1 aromatic carbocycles. The van der Waals surface area contributed by atoms with Crippen molar-refractivity contribution in [3.8, 4) is 0 Å². The Bertz CT molecular complexity index is 659. The van der Waals surface area contributed by atoms with Gasteiger partial charge in [0.2, 0.25) is 0 Å². The molecular formula is C14H14N4O3. The molecule has 2 rings (SSSR count). The molecule has 0 aliphatic heterocycles. The molecule has 0 saturated carbocycles. The summed E-state index contributed by atoms with van der Waals surface area (Å²) in [4.78, 5) is 26.2. The number of nitrogens with zero attached hydrogens (tertiary/aromatic N) is 2. The first-order valence-corrected chi connectivity index (χ1v) is 6.30. The maximum absolute atomic E-state index is 11.9. The molecule has 0 atom stereocenters. The lowest BCUT2D eigenvalue weighted by atomic mass is 10.1. The summed E-state index contributed by atoms with van der Waals surface area (Å²) >= 11 is 0. The normalized spacial score (nSPS) is 10.1. The maximum Gasteiger partial charge on any atom is 0.292 e. The largest absolute Gasteiger partial charge is 0.393 e. The van der Waals surface area contributed by atoms with Gasteiger partial charge >= 0.3 is 0 Å². The molecule has 0 fully saturated rings. The van der Waals surface area contributed by atoms with Gasteiger partial charge in [-0.15, -0.1) is 0 Å². The van der Waals surface area contributed by atoms with Crippen LogP contribution in [0.2, 0.25) is 0 Å². The van der Waals surface area contributed by atoms with E-state index in [0.29, 0.717) is 13.0 Å². The van der Waals surface area contributed by atoms with Crippen LogP contribution < -0.4 is 11.1 Å². The SMILES string of the molecule is Nc1ccc(C(=O)NCCc2ccccn2)cc1[N+](=O)[O-]. The van der Waals surface area contributed by atoms with Crippen molar-refractivity contribution in [2.45, 2.75) is 6.42 Å². The Morgan fingerprint density at radius 1 is 1.33 bits per heavy atom. The number of hydrogen-bond donors (Lipinski definition) is 2. The van der Waals surface area contributed by atoms with Crippen molar-refractivity contribution < 1.29 is 9.72 Å². The summed E-state index contributed by atoms with van der Waals surface area (Å²) < 4.78 is 0. The van der Waals surface area contributed by atoms with Crippen molar-refractivity contribution in [1.82, 2.24) is 10.3 Å². The third-order valence-electron chi connectivity index (χ3n) is 2.88. The van der Waals surface area contributed by atoms with E-state index in [1.165, 1.54) is 18.2 Å². The van der Waals surface area contributed by atoms with Crippen LogP contribution in [0.3, 0.4) is 0 Å². The summed E-state index contributed by atoms with van der Waals surface area (Å²) in [6, 6.07) is 9.53. The van der Waals surface area contributed by atoms with Crippen LogP contribution in [0.5, 0.6) is 0 Å². The molecule has 108 valence electrons. The zero-order chi connectivity index (χ0) is 15.2. The second kappa shape index (κ2) is 6.47. The summed E-state index contributed by atoms with van der Waals surface area (Å²) in [5.74, 6) is -0.381. The van der Waals surface area contributed by atoms with Crippen LogP contribution in [0.4, 0.5) is 11.4 Å². The number of pyridine rings is 1. The van der Waals surface area contributed by atoms with Crippen molar-refractivity contribution in [3.63, 3.8) is 0 Å². The highest BCUT2D eigenvalue weighted by atomic mass is 16.6. The third kappa shape index (κ3) is 3.75. The van der Waals surface area contributed by atoms with Crippen molar-refractivity contribution in [1.29, 1.82) is 0 Å². The molecular weight excluding hydrogens is 272 g/mol. The predicted octanol–water partition coefficient (Wildman–Crippen LogP) is 1.54. The fourth-order valence-corrected chi connectivity index (χ4v) is 1.80. The first-order chi connectivity index (χ1) is 10.1. The lowest BCUT2D eigenvalue weighted by Gasteiger charge is -2.05. The average Bonchev–Trinajstić information content (AvgIpc) is 2.48. The molecule has 0 aliphatic rings. The molecule has 7 heteroatoms. The van der Waals surface area contributed by atoms with Crippen molar-refractivity contribution in [2.75, 3.05) is 12.3 Å². The van der Waals surface area contributed by atoms with E-state index >= 15 is 0 Å². The predicted molar refractivity (Wildman–Crippen MR) is 77.8 cm³/mol. The van der Waals surface area contributed by atoms with Crippen LogP contribution in [-0.4, -0.2) is 22.4 Å². The number of nitrogens with one attached hydrogen (secondary N) is 1. The monoisotopic (exact) mass is 286 g/mol. The van der Waals surface area contributed by atoms with Crippen LogP contribution in [-0.2, 0) is 6.42 Å². The molecule has 1 aromatic heterocycles. The molecule has 1 amide bonds. The van der Waals surface area contributed by atoms with Crippen molar-refractivity contribution in [3.05, 3.63) is 64.0 Å². The summed E-state index contributed by atoms with van der Waals surface area (Å²) in [5, 5.41) is 13.5. The van der Waals surface area contributed by atoms with Crippen LogP contribution in [0.25, 0.3) is 0 Å². The van der Waals surface area contributed by atoms with E-state index in [2.05, 4.69) is 10.3 Å². The molecule has 0 saturated heterocycles. The minimum Gasteiger partial charge on any atom is -0.393 e. The van der Waals surface area contributed by atoms with E-state index in [9.17, 15) is 14.9 Å². The second-order valence-electron chi connectivity index (χ2n) is 4.36. The van der Waals surface area contributed by atoms with E-state index in [1.807, 2.05) is 18.2 Å². The molecule has 2 aromatic rings. The fourth-order valence-electron chi connectivity index (χ4n) is 1.80. The lowest BCUT2D eigenvalue weighted by molar-refractivity contribution is -0.383. The van der Waals surface area contributed by atoms with Gasteiger partial charge in [0.05, 0.1) is 4.92 Å². The number of nitrogen functional groups attached to an aromatic ring is 1. The van der Waals surface area contributed by atoms with Gasteiger partial charge in [-0.2, -0.15) is 0 Å². The van der Waals surface area contributed by atoms with Crippen molar-refractivity contribution >= 4 is 17.3 Å². The summed E-state index contributed by atoms with van der Waals surface area (Å²) in [5.41, 5.74) is 6.31. The number of carbonyl (C=O) groups is 1. The Morgan fingerprint density at radius 2 is 2.14 bits per heavy atom. The molecule has 21 heavy (non-hydrogen) atoms. The highest BCUT2D eigenvalue weighted by molar-refractivity contribution is 5.95. The zero-order valence-electron chi connectivity index (χ0n) is 11.2. The Hall–Kier alpha value is -2.96. The van der Waals surface area contributed by atoms with Crippen LogP contribution >= 0.6 is 0 Å². The minimum absolute atomic E-state index is 0.0324. The molecule has 3 N–H and O–H groups in total. The lowest BCUT2D eigenvalue weighted by Crippen LogP contribution is -2.26. The molecule has 0 bridgehead atoms. The standard InChI is InChI=1S/C14H14N4O3/c15-12-5-4-10(9-13(12)18(20)21)14(19)17-8-6-11-3-1-2-7-16-11/h1-5,7,9H,6,8,15H2,(H,17,19). The number of nitrogens with two attached hydrogens (primary N) is 1. The molecule has 7 nitrogen and oxygen atoms in total. The number of hydrogen-bond acceptors (Lipinski definition) is 5. The number of rotatable bonds is 5. The van der Waals surface area contributed by atoms with Gasteiger partial charge in [-0.05, 0) is 24.3 Å². The Balaban J connectivity index is 1.97. The Labute approximate surface area is 121 Å². The topological polar surface area (TPSA) is 111 Å². The number of anilines is 1. The second-order valence-corrected chi connectivity index (χ2v) is 4.36. The number of aromatic nitrogens is 1. The highest BCUT2D eigenvalue weighted by Gasteiger charge is 2.15. The van der Waals surface area contributed by atoms with E-state index < -0.39 is 4.92 Å². The van der Waals surface area contributed by atoms with Gasteiger partial charge in [0, 0.05) is 36.5 Å². The van der Waals surface area contributed by atoms with E-state index in [1.54, 1.807) is 6.20 Å². The van der Waals surface area contributed by atoms with Crippen LogP contribution in [0.15, 0.2) is 42.6 Å². The number of carbonyl (C=O) groups excluding carboxylic acids is 1. The smallest absolute Gasteiger partial charge is 0.292 e. The fraction of sp³-hybridized carbons (Fsp3) is 0.143. The van der Waals surface area contributed by atoms with Gasteiger partial charge in [0.25, 0.3) is 11.6 Å². The van der Waals surface area contributed by atoms with E-state index in [-0.39, 0.29) is 22.8 Å². The van der Waals surface area contributed by atoms with E-state index in [0.717, 1.165) is 5.69 Å². The summed E-state index contributed by atoms with van der Waals surface area (Å²) in [6.07, 6.45) is 2.27. The zero-order valence-corrected chi connectivity index (χ0v) is 11.2. The van der Waals surface area contributed by atoms with Gasteiger partial charge in [-0.3, -0.25) is 19.9 Å². The van der Waals surface area contributed by atoms with Gasteiger partial charge < -0.3 is 11.1 Å². The number of benzene rings is 1. The quantitative estimate of drug-likeness (QED) is 0.492. The number of amides is 1. The molecule has 0 spiro atoms. The van der Waals surface area contributed by atoms with Gasteiger partial charge in [0.1, 0.15) is 5.69 Å². The van der Waals surface area contributed by atoms with Gasteiger partial charge in [-0.25, -0.2) is 0 Å². The Kier molecular flexibility index (Phi) is 4.45. The molecule has 0 radical (unpaired) electrons. The highest BCUT2D eigenvalue weighted by Crippen LogP contribution is 2.22. The first-order valence-electron chi connectivity index (χ1n) is 6.30. The molecule has 1 heterocycles. The first kappa shape index (κ1) is 14.4. The Morgan fingerprint density at radius 3 is 2.81 bits per heavy atom. The minimum atomic E-state index is -0.611. The average molecular weight is 286 g/mol. The molecule has 0 unspecified atom stereocenters. The molecule has 0 aliphatic carbocycles. The van der Waals surface area contributed by atoms with Gasteiger partial charge in [-0.1, -0.05) is 6.07 Å².